The summed E-state index contributed by atoms with van der Waals surface area (Å²) in [7, 11) is 0. The Morgan fingerprint density at radius 3 is 2.42 bits per heavy atom. The Labute approximate surface area is 154 Å². The topological polar surface area (TPSA) is 67.2 Å². The fourth-order valence-corrected chi connectivity index (χ4v) is 3.71. The zero-order chi connectivity index (χ0) is 18.7. The molecule has 1 aromatic heterocycles. The molecular formula is C20H26N4O2. The van der Waals surface area contributed by atoms with Crippen molar-refractivity contribution < 1.29 is 9.59 Å². The molecule has 1 aliphatic heterocycles. The number of aromatic nitrogens is 2. The number of nitrogens with zero attached hydrogens (tertiary/aromatic N) is 3. The molecule has 0 bridgehead atoms. The maximum absolute atomic E-state index is 12.6. The van der Waals surface area contributed by atoms with Gasteiger partial charge in [-0.3, -0.25) is 9.59 Å². The van der Waals surface area contributed by atoms with Gasteiger partial charge in [-0.05, 0) is 32.3 Å². The predicted octanol–water partition coefficient (Wildman–Crippen LogP) is 2.61. The van der Waals surface area contributed by atoms with E-state index in [0.29, 0.717) is 12.2 Å². The molecule has 2 amide bonds. The van der Waals surface area contributed by atoms with Crippen LogP contribution in [-0.2, 0) is 11.3 Å². The minimum Gasteiger partial charge on any atom is -0.347 e. The predicted molar refractivity (Wildman–Crippen MR) is 99.8 cm³/mol. The second kappa shape index (κ2) is 7.72. The van der Waals surface area contributed by atoms with Gasteiger partial charge in [-0.2, -0.15) is 0 Å². The van der Waals surface area contributed by atoms with Crippen LogP contribution in [-0.4, -0.2) is 39.4 Å². The standard InChI is InChI=1S/C20H26N4O2/c1-14-19(20(26)21-13-17-7-5-4-6-8-17)22-15(2)24(14)18-9-11-23(12-10-18)16(3)25/h4-8,18H,9-13H2,1-3H3,(H,21,26). The number of carbonyl (C=O) groups excluding carboxylic acids is 2. The van der Waals surface area contributed by atoms with E-state index in [1.807, 2.05) is 49.1 Å². The number of carbonyl (C=O) groups is 2. The molecule has 3 rings (SSSR count). The van der Waals surface area contributed by atoms with Crippen molar-refractivity contribution in [1.29, 1.82) is 0 Å². The summed E-state index contributed by atoms with van der Waals surface area (Å²) in [6.07, 6.45) is 1.78. The van der Waals surface area contributed by atoms with E-state index in [9.17, 15) is 9.59 Å². The van der Waals surface area contributed by atoms with Crippen molar-refractivity contribution in [2.45, 2.75) is 46.2 Å². The first-order valence-electron chi connectivity index (χ1n) is 9.10. The molecule has 1 N–H and O–H groups in total. The van der Waals surface area contributed by atoms with E-state index in [1.165, 1.54) is 0 Å². The molecule has 0 radical (unpaired) electrons. The fourth-order valence-electron chi connectivity index (χ4n) is 3.71. The van der Waals surface area contributed by atoms with E-state index in [1.54, 1.807) is 6.92 Å². The van der Waals surface area contributed by atoms with Crippen LogP contribution in [0.2, 0.25) is 0 Å². The molecule has 26 heavy (non-hydrogen) atoms. The first-order chi connectivity index (χ1) is 12.5. The van der Waals surface area contributed by atoms with Crippen LogP contribution in [0.1, 0.15) is 53.4 Å². The third-order valence-corrected chi connectivity index (χ3v) is 5.11. The van der Waals surface area contributed by atoms with E-state index in [0.717, 1.165) is 43.0 Å². The number of piperidine rings is 1. The summed E-state index contributed by atoms with van der Waals surface area (Å²) in [6.45, 7) is 7.51. The van der Waals surface area contributed by atoms with Crippen molar-refractivity contribution >= 4 is 11.8 Å². The maximum Gasteiger partial charge on any atom is 0.272 e. The van der Waals surface area contributed by atoms with Gasteiger partial charge in [0.1, 0.15) is 11.5 Å². The van der Waals surface area contributed by atoms with Crippen molar-refractivity contribution in [1.82, 2.24) is 19.8 Å². The lowest BCUT2D eigenvalue weighted by atomic mass is 10.0. The summed E-state index contributed by atoms with van der Waals surface area (Å²) < 4.78 is 2.16. The zero-order valence-electron chi connectivity index (χ0n) is 15.7. The number of aryl methyl sites for hydroxylation is 1. The lowest BCUT2D eigenvalue weighted by molar-refractivity contribution is -0.130. The van der Waals surface area contributed by atoms with Gasteiger partial charge in [-0.1, -0.05) is 30.3 Å². The smallest absolute Gasteiger partial charge is 0.272 e. The van der Waals surface area contributed by atoms with Crippen LogP contribution in [0, 0.1) is 13.8 Å². The van der Waals surface area contributed by atoms with Crippen LogP contribution in [0.5, 0.6) is 0 Å². The molecule has 1 fully saturated rings. The Hall–Kier alpha value is -2.63. The maximum atomic E-state index is 12.6. The monoisotopic (exact) mass is 354 g/mol. The van der Waals surface area contributed by atoms with Gasteiger partial charge in [0.15, 0.2) is 0 Å². The van der Waals surface area contributed by atoms with Crippen molar-refractivity contribution in [2.24, 2.45) is 0 Å². The highest BCUT2D eigenvalue weighted by Crippen LogP contribution is 2.27. The van der Waals surface area contributed by atoms with Crippen molar-refractivity contribution in [3.63, 3.8) is 0 Å². The number of amides is 2. The molecule has 1 aliphatic rings. The number of imidazole rings is 1. The zero-order valence-corrected chi connectivity index (χ0v) is 15.7. The normalized spacial score (nSPS) is 15.1. The van der Waals surface area contributed by atoms with Crippen LogP contribution in [0.15, 0.2) is 30.3 Å². The third-order valence-electron chi connectivity index (χ3n) is 5.11. The van der Waals surface area contributed by atoms with Crippen LogP contribution in [0.3, 0.4) is 0 Å². The number of likely N-dealkylation sites (tertiary alicyclic amines) is 1. The number of nitrogens with one attached hydrogen (secondary N) is 1. The van der Waals surface area contributed by atoms with Gasteiger partial charge in [-0.15, -0.1) is 0 Å². The highest BCUT2D eigenvalue weighted by molar-refractivity contribution is 5.93. The fraction of sp³-hybridized carbons (Fsp3) is 0.450. The Kier molecular flexibility index (Phi) is 5.40. The second-order valence-corrected chi connectivity index (χ2v) is 6.87. The average molecular weight is 354 g/mol. The molecule has 0 atom stereocenters. The quantitative estimate of drug-likeness (QED) is 0.918. The molecule has 138 valence electrons. The Bertz CT molecular complexity index is 790. The molecule has 0 unspecified atom stereocenters. The van der Waals surface area contributed by atoms with Crippen molar-refractivity contribution in [3.05, 3.63) is 53.1 Å². The SMILES string of the molecule is CC(=O)N1CCC(n2c(C)nc(C(=O)NCc3ccccc3)c2C)CC1. The minimum absolute atomic E-state index is 0.128. The molecule has 1 aromatic carbocycles. The van der Waals surface area contributed by atoms with Crippen molar-refractivity contribution in [2.75, 3.05) is 13.1 Å². The first kappa shape index (κ1) is 18.2. The number of hydrogen-bond acceptors (Lipinski definition) is 3. The lowest BCUT2D eigenvalue weighted by Gasteiger charge is -2.33. The van der Waals surface area contributed by atoms with Gasteiger partial charge in [0.25, 0.3) is 5.91 Å². The third kappa shape index (κ3) is 3.79. The molecule has 2 aromatic rings. The van der Waals surface area contributed by atoms with Crippen LogP contribution >= 0.6 is 0 Å². The highest BCUT2D eigenvalue weighted by Gasteiger charge is 2.26. The summed E-state index contributed by atoms with van der Waals surface area (Å²) in [5, 5.41) is 2.95. The van der Waals surface area contributed by atoms with E-state index in [-0.39, 0.29) is 17.9 Å². The molecule has 0 saturated carbocycles. The molecule has 6 nitrogen and oxygen atoms in total. The van der Waals surface area contributed by atoms with E-state index >= 15 is 0 Å². The second-order valence-electron chi connectivity index (χ2n) is 6.87. The molecular weight excluding hydrogens is 328 g/mol. The summed E-state index contributed by atoms with van der Waals surface area (Å²) in [5.74, 6) is 0.839. The average Bonchev–Trinajstić information content (AvgIpc) is 2.95. The molecule has 0 aliphatic carbocycles. The summed E-state index contributed by atoms with van der Waals surface area (Å²) >= 11 is 0. The van der Waals surface area contributed by atoms with Gasteiger partial charge in [0.05, 0.1) is 0 Å². The Morgan fingerprint density at radius 1 is 1.15 bits per heavy atom. The van der Waals surface area contributed by atoms with Gasteiger partial charge in [0.2, 0.25) is 5.91 Å². The van der Waals surface area contributed by atoms with Crippen LogP contribution < -0.4 is 5.32 Å². The van der Waals surface area contributed by atoms with Gasteiger partial charge in [-0.25, -0.2) is 4.98 Å². The molecule has 0 spiro atoms. The number of benzene rings is 1. The Morgan fingerprint density at radius 2 is 1.81 bits per heavy atom. The van der Waals surface area contributed by atoms with Crippen LogP contribution in [0.25, 0.3) is 0 Å². The summed E-state index contributed by atoms with van der Waals surface area (Å²) in [4.78, 5) is 30.5. The highest BCUT2D eigenvalue weighted by atomic mass is 16.2. The molecule has 1 saturated heterocycles. The lowest BCUT2D eigenvalue weighted by Crippen LogP contribution is -2.38. The van der Waals surface area contributed by atoms with Crippen LogP contribution in [0.4, 0.5) is 0 Å². The molecule has 2 heterocycles. The largest absolute Gasteiger partial charge is 0.347 e. The minimum atomic E-state index is -0.144. The van der Waals surface area contributed by atoms with Gasteiger partial charge in [0, 0.05) is 38.3 Å². The summed E-state index contributed by atoms with van der Waals surface area (Å²) in [5.41, 5.74) is 2.45. The Balaban J connectivity index is 1.69. The summed E-state index contributed by atoms with van der Waals surface area (Å²) in [6, 6.07) is 10.1. The van der Waals surface area contributed by atoms with Gasteiger partial charge >= 0.3 is 0 Å². The number of hydrogen-bond donors (Lipinski definition) is 1. The van der Waals surface area contributed by atoms with Gasteiger partial charge < -0.3 is 14.8 Å². The first-order valence-corrected chi connectivity index (χ1v) is 9.10. The van der Waals surface area contributed by atoms with E-state index < -0.39 is 0 Å². The van der Waals surface area contributed by atoms with E-state index in [4.69, 9.17) is 0 Å². The van der Waals surface area contributed by atoms with Crippen molar-refractivity contribution in [3.8, 4) is 0 Å². The number of rotatable bonds is 4. The molecule has 6 heteroatoms. The van der Waals surface area contributed by atoms with E-state index in [2.05, 4.69) is 14.9 Å².